The van der Waals surface area contributed by atoms with Gasteiger partial charge in [0.1, 0.15) is 0 Å². The smallest absolute Gasteiger partial charge is 0.257 e. The van der Waals surface area contributed by atoms with Crippen LogP contribution in [0.2, 0.25) is 0 Å². The molecule has 0 bridgehead atoms. The predicted octanol–water partition coefficient (Wildman–Crippen LogP) is 3.89. The van der Waals surface area contributed by atoms with Gasteiger partial charge >= 0.3 is 0 Å². The second-order valence-electron chi connectivity index (χ2n) is 6.27. The minimum Gasteiger partial charge on any atom is -0.398 e. The summed E-state index contributed by atoms with van der Waals surface area (Å²) in [6.07, 6.45) is 0. The van der Waals surface area contributed by atoms with E-state index in [4.69, 9.17) is 5.73 Å². The van der Waals surface area contributed by atoms with Gasteiger partial charge in [-0.15, -0.1) is 11.3 Å². The van der Waals surface area contributed by atoms with Crippen molar-refractivity contribution in [3.63, 3.8) is 0 Å². The second-order valence-corrected chi connectivity index (χ2v) is 7.12. The lowest BCUT2D eigenvalue weighted by Gasteiger charge is -2.14. The van der Waals surface area contributed by atoms with Crippen LogP contribution in [0.4, 0.5) is 10.8 Å². The molecule has 21 heavy (non-hydrogen) atoms. The van der Waals surface area contributed by atoms with Gasteiger partial charge in [-0.05, 0) is 31.0 Å². The number of nitrogens with two attached hydrogens (primary N) is 1. The molecule has 0 aliphatic carbocycles. The van der Waals surface area contributed by atoms with Gasteiger partial charge in [-0.1, -0.05) is 26.8 Å². The summed E-state index contributed by atoms with van der Waals surface area (Å²) >= 11 is 1.44. The number of anilines is 2. The fourth-order valence-corrected chi connectivity index (χ4v) is 2.89. The van der Waals surface area contributed by atoms with Gasteiger partial charge in [-0.3, -0.25) is 10.1 Å². The molecule has 2 rings (SSSR count). The number of benzene rings is 1. The van der Waals surface area contributed by atoms with Crippen molar-refractivity contribution >= 4 is 28.1 Å². The molecule has 1 amide bonds. The van der Waals surface area contributed by atoms with E-state index in [1.807, 2.05) is 25.3 Å². The molecular formula is C16H21N3OS. The zero-order valence-electron chi connectivity index (χ0n) is 13.1. The highest BCUT2D eigenvalue weighted by Crippen LogP contribution is 2.27. The molecule has 0 fully saturated rings. The van der Waals surface area contributed by atoms with Crippen LogP contribution in [0, 0.1) is 13.8 Å². The van der Waals surface area contributed by atoms with Crippen molar-refractivity contribution in [3.05, 3.63) is 39.9 Å². The van der Waals surface area contributed by atoms with Gasteiger partial charge < -0.3 is 5.73 Å². The van der Waals surface area contributed by atoms with Gasteiger partial charge in [-0.25, -0.2) is 4.98 Å². The lowest BCUT2D eigenvalue weighted by molar-refractivity contribution is 0.102. The third kappa shape index (κ3) is 3.42. The van der Waals surface area contributed by atoms with Crippen molar-refractivity contribution < 1.29 is 4.79 Å². The molecule has 1 aromatic carbocycles. The van der Waals surface area contributed by atoms with Crippen molar-refractivity contribution in [1.82, 2.24) is 4.98 Å². The van der Waals surface area contributed by atoms with Gasteiger partial charge in [0.05, 0.1) is 5.69 Å². The Hall–Kier alpha value is -1.88. The van der Waals surface area contributed by atoms with Gasteiger partial charge in [0.2, 0.25) is 0 Å². The average molecular weight is 303 g/mol. The third-order valence-corrected chi connectivity index (χ3v) is 4.11. The number of nitrogens with one attached hydrogen (secondary N) is 1. The summed E-state index contributed by atoms with van der Waals surface area (Å²) in [4.78, 5) is 16.8. The van der Waals surface area contributed by atoms with Crippen molar-refractivity contribution in [2.75, 3.05) is 11.1 Å². The molecule has 1 aromatic heterocycles. The lowest BCUT2D eigenvalue weighted by Crippen LogP contribution is -2.15. The molecule has 0 unspecified atom stereocenters. The number of hydrogen-bond donors (Lipinski definition) is 2. The molecule has 3 N–H and O–H groups in total. The second kappa shape index (κ2) is 5.48. The predicted molar refractivity (Wildman–Crippen MR) is 89.1 cm³/mol. The normalized spacial score (nSPS) is 11.5. The molecule has 2 aromatic rings. The van der Waals surface area contributed by atoms with Crippen molar-refractivity contribution in [2.24, 2.45) is 0 Å². The van der Waals surface area contributed by atoms with Crippen molar-refractivity contribution in [2.45, 2.75) is 40.0 Å². The average Bonchev–Trinajstić information content (AvgIpc) is 2.82. The van der Waals surface area contributed by atoms with Crippen LogP contribution in [0.3, 0.4) is 0 Å². The fraction of sp³-hybridized carbons (Fsp3) is 0.375. The molecule has 0 atom stereocenters. The number of thiazole rings is 1. The van der Waals surface area contributed by atoms with E-state index in [9.17, 15) is 4.79 Å². The Balaban J connectivity index is 2.22. The Kier molecular flexibility index (Phi) is 4.05. The van der Waals surface area contributed by atoms with Crippen LogP contribution in [0.1, 0.15) is 48.0 Å². The van der Waals surface area contributed by atoms with Crippen molar-refractivity contribution in [3.8, 4) is 0 Å². The Morgan fingerprint density at radius 2 is 1.90 bits per heavy atom. The first-order valence-corrected chi connectivity index (χ1v) is 7.70. The van der Waals surface area contributed by atoms with E-state index in [2.05, 4.69) is 31.1 Å². The lowest BCUT2D eigenvalue weighted by atomic mass is 9.93. The summed E-state index contributed by atoms with van der Waals surface area (Å²) in [5.41, 5.74) is 9.94. The molecule has 0 saturated heterocycles. The maximum Gasteiger partial charge on any atom is 0.257 e. The molecule has 0 radical (unpaired) electrons. The Bertz CT molecular complexity index is 683. The van der Waals surface area contributed by atoms with Crippen LogP contribution < -0.4 is 11.1 Å². The number of hydrogen-bond acceptors (Lipinski definition) is 4. The van der Waals surface area contributed by atoms with Crippen LogP contribution in [-0.2, 0) is 5.41 Å². The summed E-state index contributed by atoms with van der Waals surface area (Å²) in [5.74, 6) is -0.172. The van der Waals surface area contributed by atoms with Gasteiger partial charge in [0.25, 0.3) is 5.91 Å². The van der Waals surface area contributed by atoms with E-state index >= 15 is 0 Å². The molecule has 1 heterocycles. The van der Waals surface area contributed by atoms with Gasteiger partial charge in [0, 0.05) is 22.0 Å². The molecule has 0 spiro atoms. The van der Waals surface area contributed by atoms with Crippen LogP contribution in [0.25, 0.3) is 0 Å². The molecular weight excluding hydrogens is 282 g/mol. The summed E-state index contributed by atoms with van der Waals surface area (Å²) in [7, 11) is 0. The fourth-order valence-electron chi connectivity index (χ4n) is 1.95. The van der Waals surface area contributed by atoms with E-state index in [0.29, 0.717) is 16.4 Å². The molecule has 112 valence electrons. The Labute approximate surface area is 129 Å². The van der Waals surface area contributed by atoms with Crippen LogP contribution in [0.5, 0.6) is 0 Å². The highest BCUT2D eigenvalue weighted by Gasteiger charge is 2.19. The first kappa shape index (κ1) is 15.5. The molecule has 4 nitrogen and oxygen atoms in total. The number of amides is 1. The van der Waals surface area contributed by atoms with Crippen molar-refractivity contribution in [1.29, 1.82) is 0 Å². The maximum absolute atomic E-state index is 12.4. The third-order valence-electron chi connectivity index (χ3n) is 3.35. The van der Waals surface area contributed by atoms with Gasteiger partial charge in [0.15, 0.2) is 5.13 Å². The minimum absolute atomic E-state index is 0.0241. The number of aromatic nitrogens is 1. The molecule has 0 aliphatic rings. The Morgan fingerprint density at radius 3 is 2.48 bits per heavy atom. The molecule has 0 aliphatic heterocycles. The first-order valence-electron chi connectivity index (χ1n) is 6.82. The number of carbonyl (C=O) groups is 1. The van der Waals surface area contributed by atoms with Gasteiger partial charge in [-0.2, -0.15) is 0 Å². The first-order chi connectivity index (χ1) is 9.68. The zero-order chi connectivity index (χ0) is 15.8. The number of carbonyl (C=O) groups excluding carboxylic acids is 1. The summed E-state index contributed by atoms with van der Waals surface area (Å²) in [5, 5.41) is 5.44. The number of rotatable bonds is 2. The number of nitrogen functional groups attached to an aromatic ring is 1. The van der Waals surface area contributed by atoms with Crippen LogP contribution >= 0.6 is 11.3 Å². The standard InChI is InChI=1S/C16H21N3OS/c1-9-6-10(2)12(17)7-11(9)14(20)19-15-18-13(8-21-15)16(3,4)5/h6-8H,17H2,1-5H3,(H,18,19,20). The van der Waals surface area contributed by atoms with E-state index in [0.717, 1.165) is 16.8 Å². The van der Waals surface area contributed by atoms with E-state index < -0.39 is 0 Å². The molecule has 0 saturated carbocycles. The monoisotopic (exact) mass is 303 g/mol. The van der Waals surface area contributed by atoms with Crippen LogP contribution in [-0.4, -0.2) is 10.9 Å². The summed E-state index contributed by atoms with van der Waals surface area (Å²) in [6, 6.07) is 3.64. The van der Waals surface area contributed by atoms with E-state index in [-0.39, 0.29) is 11.3 Å². The zero-order valence-corrected chi connectivity index (χ0v) is 13.9. The number of aryl methyl sites for hydroxylation is 2. The quantitative estimate of drug-likeness (QED) is 0.827. The maximum atomic E-state index is 12.4. The SMILES string of the molecule is Cc1cc(C)c(C(=O)Nc2nc(C(C)(C)C)cs2)cc1N. The largest absolute Gasteiger partial charge is 0.398 e. The van der Waals surface area contributed by atoms with E-state index in [1.54, 1.807) is 6.07 Å². The summed E-state index contributed by atoms with van der Waals surface area (Å²) in [6.45, 7) is 10.1. The topological polar surface area (TPSA) is 68.0 Å². The minimum atomic E-state index is -0.172. The highest BCUT2D eigenvalue weighted by atomic mass is 32.1. The summed E-state index contributed by atoms with van der Waals surface area (Å²) < 4.78 is 0. The highest BCUT2D eigenvalue weighted by molar-refractivity contribution is 7.14. The number of nitrogens with zero attached hydrogens (tertiary/aromatic N) is 1. The Morgan fingerprint density at radius 1 is 1.24 bits per heavy atom. The van der Waals surface area contributed by atoms with E-state index in [1.165, 1.54) is 11.3 Å². The van der Waals surface area contributed by atoms with Crippen LogP contribution in [0.15, 0.2) is 17.5 Å². The molecule has 5 heteroatoms.